The molecule has 0 aromatic carbocycles. The van der Waals surface area contributed by atoms with Gasteiger partial charge in [-0.2, -0.15) is 11.3 Å². The molecule has 18 heavy (non-hydrogen) atoms. The molecule has 1 N–H and O–H groups in total. The number of thiophene rings is 1. The highest BCUT2D eigenvalue weighted by Gasteiger charge is 2.20. The number of piperidine rings is 1. The molecule has 2 rings (SSSR count). The van der Waals surface area contributed by atoms with Crippen LogP contribution in [0.3, 0.4) is 0 Å². The average molecular weight is 288 g/mol. The van der Waals surface area contributed by atoms with E-state index < -0.39 is 10.0 Å². The minimum absolute atomic E-state index is 0.485. The van der Waals surface area contributed by atoms with Crippen LogP contribution < -0.4 is 4.72 Å². The lowest BCUT2D eigenvalue weighted by Crippen LogP contribution is -2.38. The van der Waals surface area contributed by atoms with Gasteiger partial charge in [0.1, 0.15) is 0 Å². The first kappa shape index (κ1) is 14.0. The number of likely N-dealkylation sites (tertiary alicyclic amines) is 1. The lowest BCUT2D eigenvalue weighted by atomic mass is 9.97. The fraction of sp³-hybridized carbons (Fsp3) is 0.667. The Morgan fingerprint density at radius 3 is 2.72 bits per heavy atom. The predicted octanol–water partition coefficient (Wildman–Crippen LogP) is 1.51. The zero-order chi connectivity index (χ0) is 13.0. The van der Waals surface area contributed by atoms with Crippen molar-refractivity contribution in [1.82, 2.24) is 9.62 Å². The van der Waals surface area contributed by atoms with Crippen LogP contribution in [-0.2, 0) is 16.6 Å². The Kier molecular flexibility index (Phi) is 4.77. The van der Waals surface area contributed by atoms with Gasteiger partial charge in [-0.3, -0.25) is 4.90 Å². The minimum atomic E-state index is -3.04. The molecule has 1 aromatic heterocycles. The van der Waals surface area contributed by atoms with Gasteiger partial charge in [-0.15, -0.1) is 0 Å². The van der Waals surface area contributed by atoms with Gasteiger partial charge in [0.25, 0.3) is 0 Å². The molecule has 1 saturated heterocycles. The van der Waals surface area contributed by atoms with E-state index in [9.17, 15) is 8.42 Å². The summed E-state index contributed by atoms with van der Waals surface area (Å²) in [4.78, 5) is 2.44. The van der Waals surface area contributed by atoms with Crippen LogP contribution in [0.1, 0.15) is 18.4 Å². The first-order valence-electron chi connectivity index (χ1n) is 6.21. The maximum Gasteiger partial charge on any atom is 0.208 e. The summed E-state index contributed by atoms with van der Waals surface area (Å²) in [6, 6.07) is 2.17. The van der Waals surface area contributed by atoms with Crippen molar-refractivity contribution in [3.05, 3.63) is 22.4 Å². The lowest BCUT2D eigenvalue weighted by Gasteiger charge is -2.31. The molecule has 1 aliphatic rings. The molecule has 0 amide bonds. The fourth-order valence-electron chi connectivity index (χ4n) is 2.26. The highest BCUT2D eigenvalue weighted by atomic mass is 32.2. The van der Waals surface area contributed by atoms with E-state index in [1.807, 2.05) is 0 Å². The molecule has 0 aliphatic carbocycles. The standard InChI is InChI=1S/C12H20N2O2S2/c1-18(15,16)13-8-11-2-5-14(6-3-11)9-12-4-7-17-10-12/h4,7,10-11,13H,2-3,5-6,8-9H2,1H3. The number of hydrogen-bond acceptors (Lipinski definition) is 4. The molecule has 102 valence electrons. The van der Waals surface area contributed by atoms with Crippen LogP contribution in [-0.4, -0.2) is 39.2 Å². The van der Waals surface area contributed by atoms with Crippen LogP contribution in [0.2, 0.25) is 0 Å². The second-order valence-corrected chi connectivity index (χ2v) is 7.58. The van der Waals surface area contributed by atoms with Gasteiger partial charge in [0.2, 0.25) is 10.0 Å². The first-order chi connectivity index (χ1) is 8.53. The Morgan fingerprint density at radius 1 is 1.44 bits per heavy atom. The van der Waals surface area contributed by atoms with Crippen LogP contribution in [0.15, 0.2) is 16.8 Å². The van der Waals surface area contributed by atoms with Crippen molar-refractivity contribution in [2.75, 3.05) is 25.9 Å². The molecule has 0 radical (unpaired) electrons. The van der Waals surface area contributed by atoms with Crippen molar-refractivity contribution in [3.8, 4) is 0 Å². The van der Waals surface area contributed by atoms with Crippen LogP contribution in [0.4, 0.5) is 0 Å². The van der Waals surface area contributed by atoms with Crippen LogP contribution >= 0.6 is 11.3 Å². The molecular formula is C12H20N2O2S2. The van der Waals surface area contributed by atoms with E-state index in [0.29, 0.717) is 12.5 Å². The van der Waals surface area contributed by atoms with Crippen molar-refractivity contribution in [2.24, 2.45) is 5.92 Å². The van der Waals surface area contributed by atoms with Gasteiger partial charge in [-0.1, -0.05) is 0 Å². The molecule has 1 aromatic rings. The highest BCUT2D eigenvalue weighted by molar-refractivity contribution is 7.88. The van der Waals surface area contributed by atoms with Crippen molar-refractivity contribution in [1.29, 1.82) is 0 Å². The van der Waals surface area contributed by atoms with Gasteiger partial charge in [-0.05, 0) is 54.2 Å². The van der Waals surface area contributed by atoms with Gasteiger partial charge in [0.15, 0.2) is 0 Å². The molecule has 0 unspecified atom stereocenters. The first-order valence-corrected chi connectivity index (χ1v) is 9.04. The normalized spacial score (nSPS) is 19.2. The second-order valence-electron chi connectivity index (χ2n) is 4.97. The Balaban J connectivity index is 1.71. The lowest BCUT2D eigenvalue weighted by molar-refractivity contribution is 0.179. The molecule has 0 bridgehead atoms. The SMILES string of the molecule is CS(=O)(=O)NCC1CCN(Cc2ccsc2)CC1. The van der Waals surface area contributed by atoms with Crippen LogP contribution in [0, 0.1) is 5.92 Å². The zero-order valence-electron chi connectivity index (χ0n) is 10.6. The maximum atomic E-state index is 11.0. The third kappa shape index (κ3) is 4.68. The summed E-state index contributed by atoms with van der Waals surface area (Å²) in [5.74, 6) is 0.485. The second kappa shape index (κ2) is 6.14. The minimum Gasteiger partial charge on any atom is -0.299 e. The van der Waals surface area contributed by atoms with Gasteiger partial charge in [-0.25, -0.2) is 13.1 Å². The molecule has 1 fully saturated rings. The topological polar surface area (TPSA) is 49.4 Å². The Hall–Kier alpha value is -0.430. The van der Waals surface area contributed by atoms with Crippen LogP contribution in [0.25, 0.3) is 0 Å². The van der Waals surface area contributed by atoms with E-state index in [0.717, 1.165) is 32.5 Å². The summed E-state index contributed by atoms with van der Waals surface area (Å²) >= 11 is 1.74. The van der Waals surface area contributed by atoms with Gasteiger partial charge in [0, 0.05) is 13.1 Å². The van der Waals surface area contributed by atoms with E-state index in [2.05, 4.69) is 26.4 Å². The van der Waals surface area contributed by atoms with E-state index in [1.165, 1.54) is 11.8 Å². The summed E-state index contributed by atoms with van der Waals surface area (Å²) in [5, 5.41) is 4.30. The number of rotatable bonds is 5. The van der Waals surface area contributed by atoms with E-state index in [4.69, 9.17) is 0 Å². The Bertz CT molecular complexity index is 448. The zero-order valence-corrected chi connectivity index (χ0v) is 12.3. The molecule has 0 spiro atoms. The molecule has 0 atom stereocenters. The molecular weight excluding hydrogens is 268 g/mol. The van der Waals surface area contributed by atoms with Gasteiger partial charge < -0.3 is 0 Å². The van der Waals surface area contributed by atoms with E-state index in [-0.39, 0.29) is 0 Å². The molecule has 1 aliphatic heterocycles. The maximum absolute atomic E-state index is 11.0. The largest absolute Gasteiger partial charge is 0.299 e. The Labute approximate surface area is 113 Å². The van der Waals surface area contributed by atoms with Crippen molar-refractivity contribution >= 4 is 21.4 Å². The van der Waals surface area contributed by atoms with E-state index in [1.54, 1.807) is 11.3 Å². The van der Waals surface area contributed by atoms with Crippen molar-refractivity contribution < 1.29 is 8.42 Å². The quantitative estimate of drug-likeness (QED) is 0.893. The van der Waals surface area contributed by atoms with Gasteiger partial charge >= 0.3 is 0 Å². The summed E-state index contributed by atoms with van der Waals surface area (Å²) in [5.41, 5.74) is 1.38. The third-order valence-electron chi connectivity index (χ3n) is 3.33. The molecule has 2 heterocycles. The number of hydrogen-bond donors (Lipinski definition) is 1. The highest BCUT2D eigenvalue weighted by Crippen LogP contribution is 2.19. The monoisotopic (exact) mass is 288 g/mol. The number of sulfonamides is 1. The number of nitrogens with one attached hydrogen (secondary N) is 1. The molecule has 4 nitrogen and oxygen atoms in total. The number of nitrogens with zero attached hydrogens (tertiary/aromatic N) is 1. The predicted molar refractivity (Wildman–Crippen MR) is 75.2 cm³/mol. The Morgan fingerprint density at radius 2 is 2.17 bits per heavy atom. The average Bonchev–Trinajstić information content (AvgIpc) is 2.80. The van der Waals surface area contributed by atoms with Crippen molar-refractivity contribution in [2.45, 2.75) is 19.4 Å². The summed E-state index contributed by atoms with van der Waals surface area (Å²) < 4.78 is 24.7. The molecule has 6 heteroatoms. The third-order valence-corrected chi connectivity index (χ3v) is 4.75. The molecule has 0 saturated carbocycles. The van der Waals surface area contributed by atoms with Crippen LogP contribution in [0.5, 0.6) is 0 Å². The summed E-state index contributed by atoms with van der Waals surface area (Å²) in [7, 11) is -3.04. The van der Waals surface area contributed by atoms with Gasteiger partial charge in [0.05, 0.1) is 6.26 Å². The van der Waals surface area contributed by atoms with E-state index >= 15 is 0 Å². The van der Waals surface area contributed by atoms with Crippen molar-refractivity contribution in [3.63, 3.8) is 0 Å². The summed E-state index contributed by atoms with van der Waals surface area (Å²) in [6.45, 7) is 3.73. The summed E-state index contributed by atoms with van der Waals surface area (Å²) in [6.07, 6.45) is 3.37. The smallest absolute Gasteiger partial charge is 0.208 e. The fourth-order valence-corrected chi connectivity index (χ4v) is 3.46.